The average Bonchev–Trinajstić information content (AvgIpc) is 2.82. The minimum Gasteiger partial charge on any atom is -0.196 e. The number of aryl methyl sites for hydroxylation is 2. The molecule has 0 amide bonds. The van der Waals surface area contributed by atoms with E-state index in [2.05, 4.69) is 90.9 Å². The van der Waals surface area contributed by atoms with Crippen LogP contribution in [0.4, 0.5) is 0 Å². The minimum absolute atomic E-state index is 0.686. The second-order valence-corrected chi connectivity index (χ2v) is 10.5. The van der Waals surface area contributed by atoms with Crippen LogP contribution in [0.3, 0.4) is 0 Å². The van der Waals surface area contributed by atoms with Crippen LogP contribution in [-0.4, -0.2) is 0 Å². The highest BCUT2D eigenvalue weighted by Crippen LogP contribution is 2.51. The lowest BCUT2D eigenvalue weighted by atomic mass is 9.62. The van der Waals surface area contributed by atoms with Crippen molar-refractivity contribution in [2.45, 2.75) is 70.6 Å². The van der Waals surface area contributed by atoms with Crippen molar-refractivity contribution in [1.29, 1.82) is 0 Å². The molecule has 0 unspecified atom stereocenters. The predicted molar refractivity (Wildman–Crippen MR) is 131 cm³/mol. The van der Waals surface area contributed by atoms with E-state index in [0.29, 0.717) is 11.3 Å². The van der Waals surface area contributed by atoms with Gasteiger partial charge in [-0.1, -0.05) is 37.5 Å². The van der Waals surface area contributed by atoms with E-state index in [1.54, 1.807) is 0 Å². The molecule has 2 fully saturated rings. The normalized spacial score (nSPS) is 18.7. The number of benzene rings is 1. The summed E-state index contributed by atoms with van der Waals surface area (Å²) in [6.07, 6.45) is 15.2. The molecule has 2 saturated carbocycles. The Morgan fingerprint density at radius 2 is 1.47 bits per heavy atom. The molecule has 0 saturated heterocycles. The monoisotopic (exact) mass is 426 g/mol. The van der Waals surface area contributed by atoms with Crippen LogP contribution >= 0.6 is 0 Å². The average molecular weight is 427 g/mol. The van der Waals surface area contributed by atoms with Crippen molar-refractivity contribution in [3.63, 3.8) is 0 Å². The van der Waals surface area contributed by atoms with E-state index in [1.807, 2.05) is 0 Å². The standard InChI is InChI=1S/C30H38N2/c1-23-10-5-6-11-26(23)27-12-9-13-28(32(27)3)29-22-25(16-21-31(29)2)24-14-19-30(20-15-24)17-7-4-8-18-30/h5-6,9-13,16,21-22,24H,4,7-8,14-15,17-20H2,1-3H3/q+2. The van der Waals surface area contributed by atoms with Gasteiger partial charge in [-0.25, -0.2) is 0 Å². The molecule has 2 nitrogen and oxygen atoms in total. The van der Waals surface area contributed by atoms with Crippen molar-refractivity contribution in [3.05, 3.63) is 71.9 Å². The first kappa shape index (κ1) is 21.4. The Hall–Kier alpha value is -2.48. The van der Waals surface area contributed by atoms with Gasteiger partial charge in [0.2, 0.25) is 5.69 Å². The predicted octanol–water partition coefficient (Wildman–Crippen LogP) is 6.59. The first-order valence-electron chi connectivity index (χ1n) is 12.6. The van der Waals surface area contributed by atoms with Gasteiger partial charge in [-0.15, -0.1) is 0 Å². The second kappa shape index (κ2) is 8.81. The van der Waals surface area contributed by atoms with Crippen LogP contribution < -0.4 is 9.13 Å². The maximum absolute atomic E-state index is 2.47. The first-order chi connectivity index (χ1) is 15.6. The first-order valence-corrected chi connectivity index (χ1v) is 12.6. The largest absolute Gasteiger partial charge is 0.277 e. The van der Waals surface area contributed by atoms with Gasteiger partial charge in [-0.05, 0) is 80.0 Å². The van der Waals surface area contributed by atoms with Crippen molar-refractivity contribution in [2.75, 3.05) is 0 Å². The fraction of sp³-hybridized carbons (Fsp3) is 0.467. The highest BCUT2D eigenvalue weighted by molar-refractivity contribution is 5.62. The fourth-order valence-electron chi connectivity index (χ4n) is 6.43. The quantitative estimate of drug-likeness (QED) is 0.418. The van der Waals surface area contributed by atoms with E-state index >= 15 is 0 Å². The number of rotatable bonds is 3. The summed E-state index contributed by atoms with van der Waals surface area (Å²) in [5, 5.41) is 0. The van der Waals surface area contributed by atoms with Crippen molar-refractivity contribution < 1.29 is 9.13 Å². The SMILES string of the molecule is Cc1ccccc1-c1cccc(-c2cc(C3CCC4(CCCCC4)CC3)cc[n+]2C)[n+]1C. The summed E-state index contributed by atoms with van der Waals surface area (Å²) in [6, 6.07) is 20.2. The molecular weight excluding hydrogens is 388 g/mol. The molecule has 2 aromatic heterocycles. The summed E-state index contributed by atoms with van der Waals surface area (Å²) < 4.78 is 4.64. The Bertz CT molecular complexity index is 1100. The van der Waals surface area contributed by atoms with E-state index in [-0.39, 0.29) is 0 Å². The maximum Gasteiger partial charge on any atom is 0.277 e. The second-order valence-electron chi connectivity index (χ2n) is 10.5. The minimum atomic E-state index is 0.686. The molecule has 2 aliphatic rings. The van der Waals surface area contributed by atoms with Crippen LogP contribution in [-0.2, 0) is 14.1 Å². The third-order valence-corrected chi connectivity index (χ3v) is 8.52. The van der Waals surface area contributed by atoms with Gasteiger partial charge in [-0.2, -0.15) is 9.13 Å². The van der Waals surface area contributed by atoms with Crippen LogP contribution in [0.25, 0.3) is 22.6 Å². The third kappa shape index (κ3) is 4.00. The van der Waals surface area contributed by atoms with Crippen LogP contribution in [0.5, 0.6) is 0 Å². The molecule has 3 aromatic rings. The van der Waals surface area contributed by atoms with E-state index < -0.39 is 0 Å². The van der Waals surface area contributed by atoms with E-state index in [0.717, 1.165) is 0 Å². The van der Waals surface area contributed by atoms with Crippen LogP contribution in [0.1, 0.15) is 74.8 Å². The maximum atomic E-state index is 2.47. The highest BCUT2D eigenvalue weighted by Gasteiger charge is 2.37. The lowest BCUT2D eigenvalue weighted by Crippen LogP contribution is -2.40. The molecule has 32 heavy (non-hydrogen) atoms. The van der Waals surface area contributed by atoms with E-state index in [4.69, 9.17) is 0 Å². The molecule has 166 valence electrons. The fourth-order valence-corrected chi connectivity index (χ4v) is 6.43. The topological polar surface area (TPSA) is 7.76 Å². The summed E-state index contributed by atoms with van der Waals surface area (Å²) in [5.74, 6) is 0.715. The van der Waals surface area contributed by atoms with Crippen LogP contribution in [0, 0.1) is 12.3 Å². The summed E-state index contributed by atoms with van der Waals surface area (Å²) in [6.45, 7) is 2.20. The Morgan fingerprint density at radius 1 is 0.750 bits per heavy atom. The molecule has 0 bridgehead atoms. The molecule has 5 rings (SSSR count). The Kier molecular flexibility index (Phi) is 5.88. The number of hydrogen-bond acceptors (Lipinski definition) is 0. The zero-order valence-electron chi connectivity index (χ0n) is 20.1. The molecule has 0 atom stereocenters. The lowest BCUT2D eigenvalue weighted by Gasteiger charge is -2.43. The molecule has 0 radical (unpaired) electrons. The molecule has 2 heterocycles. The van der Waals surface area contributed by atoms with Gasteiger partial charge in [0.05, 0.1) is 0 Å². The summed E-state index contributed by atoms with van der Waals surface area (Å²) in [5.41, 5.74) is 8.68. The summed E-state index contributed by atoms with van der Waals surface area (Å²) in [4.78, 5) is 0. The molecular formula is C30H38N2+2. The van der Waals surface area contributed by atoms with Gasteiger partial charge in [0.25, 0.3) is 11.4 Å². The van der Waals surface area contributed by atoms with Gasteiger partial charge in [0.15, 0.2) is 6.20 Å². The van der Waals surface area contributed by atoms with Gasteiger partial charge in [0.1, 0.15) is 14.1 Å². The van der Waals surface area contributed by atoms with Crippen molar-refractivity contribution in [3.8, 4) is 22.6 Å². The number of pyridine rings is 2. The lowest BCUT2D eigenvalue weighted by molar-refractivity contribution is -0.685. The Morgan fingerprint density at radius 3 is 2.22 bits per heavy atom. The third-order valence-electron chi connectivity index (χ3n) is 8.52. The van der Waals surface area contributed by atoms with Crippen molar-refractivity contribution >= 4 is 0 Å². The molecule has 1 spiro atoms. The van der Waals surface area contributed by atoms with Gasteiger partial charge < -0.3 is 0 Å². The van der Waals surface area contributed by atoms with Gasteiger partial charge in [-0.3, -0.25) is 0 Å². The van der Waals surface area contributed by atoms with Gasteiger partial charge in [0, 0.05) is 29.8 Å². The molecule has 1 aromatic carbocycles. The Labute approximate surface area is 194 Å². The molecule has 0 aliphatic heterocycles. The molecule has 2 heteroatoms. The number of hydrogen-bond donors (Lipinski definition) is 0. The van der Waals surface area contributed by atoms with Crippen LogP contribution in [0.2, 0.25) is 0 Å². The summed E-state index contributed by atoms with van der Waals surface area (Å²) in [7, 11) is 4.38. The highest BCUT2D eigenvalue weighted by atomic mass is 15.0. The zero-order valence-corrected chi connectivity index (χ0v) is 20.1. The van der Waals surface area contributed by atoms with Crippen molar-refractivity contribution in [2.24, 2.45) is 19.5 Å². The smallest absolute Gasteiger partial charge is 0.196 e. The van der Waals surface area contributed by atoms with Gasteiger partial charge >= 0.3 is 0 Å². The Balaban J connectivity index is 1.45. The zero-order chi connectivity index (χ0) is 22.1. The van der Waals surface area contributed by atoms with E-state index in [9.17, 15) is 0 Å². The number of nitrogens with zero attached hydrogens (tertiary/aromatic N) is 2. The van der Waals surface area contributed by atoms with Crippen molar-refractivity contribution in [1.82, 2.24) is 0 Å². The number of aromatic nitrogens is 2. The molecule has 2 aliphatic carbocycles. The van der Waals surface area contributed by atoms with Crippen LogP contribution in [0.15, 0.2) is 60.8 Å². The molecule has 0 N–H and O–H groups in total. The van der Waals surface area contributed by atoms with E-state index in [1.165, 1.54) is 91.6 Å². The summed E-state index contributed by atoms with van der Waals surface area (Å²) >= 11 is 0.